The lowest BCUT2D eigenvalue weighted by Crippen LogP contribution is -2.38. The van der Waals surface area contributed by atoms with Crippen LogP contribution in [0.5, 0.6) is 0 Å². The van der Waals surface area contributed by atoms with Gasteiger partial charge in [0.05, 0.1) is 0 Å². The third-order valence-corrected chi connectivity index (χ3v) is 5.23. The highest BCUT2D eigenvalue weighted by atomic mass is 79.9. The smallest absolute Gasteiger partial charge is 0.272 e. The van der Waals surface area contributed by atoms with Crippen LogP contribution >= 0.6 is 15.9 Å². The Morgan fingerprint density at radius 1 is 1.29 bits per heavy atom. The Kier molecular flexibility index (Phi) is 5.14. The highest BCUT2D eigenvalue weighted by molar-refractivity contribution is 9.10. The van der Waals surface area contributed by atoms with Crippen molar-refractivity contribution in [1.82, 2.24) is 14.9 Å². The van der Waals surface area contributed by atoms with Gasteiger partial charge in [0.1, 0.15) is 5.69 Å². The molecule has 1 saturated heterocycles. The molecule has 6 heteroatoms. The first-order valence-electron chi connectivity index (χ1n) is 8.18. The number of piperidine rings is 1. The lowest BCUT2D eigenvalue weighted by atomic mass is 9.99. The van der Waals surface area contributed by atoms with Crippen LogP contribution in [0.3, 0.4) is 0 Å². The van der Waals surface area contributed by atoms with Gasteiger partial charge in [-0.25, -0.2) is 9.97 Å². The van der Waals surface area contributed by atoms with Crippen molar-refractivity contribution in [1.29, 1.82) is 0 Å². The zero-order chi connectivity index (χ0) is 17.1. The van der Waals surface area contributed by atoms with E-state index >= 15 is 0 Å². The Bertz CT molecular complexity index is 742. The van der Waals surface area contributed by atoms with Crippen LogP contribution in [0.25, 0.3) is 0 Å². The van der Waals surface area contributed by atoms with E-state index < -0.39 is 0 Å². The second kappa shape index (κ2) is 7.30. The van der Waals surface area contributed by atoms with Gasteiger partial charge in [-0.05, 0) is 49.4 Å². The van der Waals surface area contributed by atoms with Gasteiger partial charge < -0.3 is 10.2 Å². The third-order valence-electron chi connectivity index (χ3n) is 4.37. The summed E-state index contributed by atoms with van der Waals surface area (Å²) in [6.07, 6.45) is 3.73. The quantitative estimate of drug-likeness (QED) is 0.857. The Balaban J connectivity index is 1.73. The summed E-state index contributed by atoms with van der Waals surface area (Å²) in [6.45, 7) is 5.87. The predicted molar refractivity (Wildman–Crippen MR) is 98.5 cm³/mol. The van der Waals surface area contributed by atoms with E-state index in [0.717, 1.165) is 41.7 Å². The van der Waals surface area contributed by atoms with Gasteiger partial charge in [-0.2, -0.15) is 0 Å². The van der Waals surface area contributed by atoms with E-state index in [-0.39, 0.29) is 5.91 Å². The second-order valence-electron chi connectivity index (χ2n) is 6.33. The van der Waals surface area contributed by atoms with E-state index in [1.54, 1.807) is 12.3 Å². The maximum absolute atomic E-state index is 12.6. The number of aryl methyl sites for hydroxylation is 1. The number of amides is 1. The molecule has 3 rings (SSSR count). The Morgan fingerprint density at radius 2 is 2.04 bits per heavy atom. The fraction of sp³-hybridized carbons (Fsp3) is 0.389. The summed E-state index contributed by atoms with van der Waals surface area (Å²) in [5.74, 6) is 1.11. The molecule has 1 amide bonds. The maximum Gasteiger partial charge on any atom is 0.272 e. The van der Waals surface area contributed by atoms with Gasteiger partial charge in [0.25, 0.3) is 5.91 Å². The summed E-state index contributed by atoms with van der Waals surface area (Å²) in [6, 6.07) is 7.62. The number of carbonyl (C=O) groups excluding carboxylic acids is 1. The van der Waals surface area contributed by atoms with Crippen LogP contribution in [0.2, 0.25) is 0 Å². The summed E-state index contributed by atoms with van der Waals surface area (Å²) in [4.78, 5) is 23.1. The zero-order valence-corrected chi connectivity index (χ0v) is 15.5. The molecule has 1 aliphatic rings. The molecule has 1 N–H and O–H groups in total. The molecule has 0 saturated carbocycles. The van der Waals surface area contributed by atoms with Crippen molar-refractivity contribution in [3.05, 3.63) is 46.2 Å². The SMILES string of the molecule is Cc1ccc(Nc2nccc(C(=O)N3CCC(C)CC3)n2)cc1Br. The van der Waals surface area contributed by atoms with Gasteiger partial charge >= 0.3 is 0 Å². The van der Waals surface area contributed by atoms with Crippen LogP contribution in [-0.4, -0.2) is 33.9 Å². The van der Waals surface area contributed by atoms with E-state index in [1.807, 2.05) is 30.0 Å². The molecule has 0 aliphatic carbocycles. The number of rotatable bonds is 3. The molecule has 24 heavy (non-hydrogen) atoms. The molecule has 2 aromatic rings. The highest BCUT2D eigenvalue weighted by Gasteiger charge is 2.22. The number of nitrogens with zero attached hydrogens (tertiary/aromatic N) is 3. The van der Waals surface area contributed by atoms with Gasteiger partial charge in [0.15, 0.2) is 0 Å². The lowest BCUT2D eigenvalue weighted by Gasteiger charge is -2.30. The third kappa shape index (κ3) is 3.93. The number of hydrogen-bond donors (Lipinski definition) is 1. The Labute approximate surface area is 150 Å². The summed E-state index contributed by atoms with van der Waals surface area (Å²) in [7, 11) is 0. The minimum atomic E-state index is -0.0163. The number of aromatic nitrogens is 2. The number of hydrogen-bond acceptors (Lipinski definition) is 4. The molecule has 0 spiro atoms. The lowest BCUT2D eigenvalue weighted by molar-refractivity contribution is 0.0691. The fourth-order valence-corrected chi connectivity index (χ4v) is 3.09. The van der Waals surface area contributed by atoms with Gasteiger partial charge in [-0.3, -0.25) is 4.79 Å². The monoisotopic (exact) mass is 388 g/mol. The molecular weight excluding hydrogens is 368 g/mol. The largest absolute Gasteiger partial charge is 0.337 e. The molecule has 0 radical (unpaired) electrons. The van der Waals surface area contributed by atoms with Crippen LogP contribution in [0, 0.1) is 12.8 Å². The van der Waals surface area contributed by atoms with E-state index in [0.29, 0.717) is 17.6 Å². The van der Waals surface area contributed by atoms with Crippen LogP contribution < -0.4 is 5.32 Å². The van der Waals surface area contributed by atoms with Crippen LogP contribution in [0.4, 0.5) is 11.6 Å². The molecule has 0 unspecified atom stereocenters. The highest BCUT2D eigenvalue weighted by Crippen LogP contribution is 2.23. The van der Waals surface area contributed by atoms with Crippen molar-refractivity contribution in [3.63, 3.8) is 0 Å². The van der Waals surface area contributed by atoms with Crippen molar-refractivity contribution >= 4 is 33.5 Å². The average molecular weight is 389 g/mol. The van der Waals surface area contributed by atoms with Gasteiger partial charge in [-0.15, -0.1) is 0 Å². The molecular formula is C18H21BrN4O. The topological polar surface area (TPSA) is 58.1 Å². The minimum Gasteiger partial charge on any atom is -0.337 e. The normalized spacial score (nSPS) is 15.4. The molecule has 0 atom stereocenters. The summed E-state index contributed by atoms with van der Waals surface area (Å²) < 4.78 is 1.02. The molecule has 126 valence electrons. The Morgan fingerprint density at radius 3 is 2.75 bits per heavy atom. The maximum atomic E-state index is 12.6. The van der Waals surface area contributed by atoms with Crippen molar-refractivity contribution in [2.75, 3.05) is 18.4 Å². The summed E-state index contributed by atoms with van der Waals surface area (Å²) in [5.41, 5.74) is 2.47. The average Bonchev–Trinajstić information content (AvgIpc) is 2.58. The summed E-state index contributed by atoms with van der Waals surface area (Å²) >= 11 is 3.51. The number of halogens is 1. The molecule has 2 heterocycles. The van der Waals surface area contributed by atoms with Crippen LogP contribution in [0.15, 0.2) is 34.9 Å². The van der Waals surface area contributed by atoms with Gasteiger partial charge in [-0.1, -0.05) is 28.9 Å². The van der Waals surface area contributed by atoms with E-state index in [4.69, 9.17) is 0 Å². The number of benzene rings is 1. The molecule has 1 aliphatic heterocycles. The fourth-order valence-electron chi connectivity index (χ4n) is 2.71. The van der Waals surface area contributed by atoms with Crippen LogP contribution in [0.1, 0.15) is 35.8 Å². The predicted octanol–water partition coefficient (Wildman–Crippen LogP) is 4.16. The van der Waals surface area contributed by atoms with E-state index in [9.17, 15) is 4.79 Å². The molecule has 0 bridgehead atoms. The Hall–Kier alpha value is -1.95. The second-order valence-corrected chi connectivity index (χ2v) is 7.18. The number of nitrogens with one attached hydrogen (secondary N) is 1. The van der Waals surface area contributed by atoms with Crippen LogP contribution in [-0.2, 0) is 0 Å². The molecule has 5 nitrogen and oxygen atoms in total. The minimum absolute atomic E-state index is 0.0163. The molecule has 1 fully saturated rings. The van der Waals surface area contributed by atoms with Crippen molar-refractivity contribution in [3.8, 4) is 0 Å². The van der Waals surface area contributed by atoms with Gasteiger partial charge in [0, 0.05) is 29.4 Å². The molecule has 1 aromatic carbocycles. The van der Waals surface area contributed by atoms with E-state index in [1.165, 1.54) is 0 Å². The number of carbonyl (C=O) groups is 1. The van der Waals surface area contributed by atoms with Crippen molar-refractivity contribution in [2.24, 2.45) is 5.92 Å². The summed E-state index contributed by atoms with van der Waals surface area (Å²) in [5, 5.41) is 3.15. The van der Waals surface area contributed by atoms with Crippen molar-refractivity contribution < 1.29 is 4.79 Å². The molecule has 1 aromatic heterocycles. The first kappa shape index (κ1) is 16.9. The number of anilines is 2. The number of likely N-dealkylation sites (tertiary alicyclic amines) is 1. The van der Waals surface area contributed by atoms with Crippen molar-refractivity contribution in [2.45, 2.75) is 26.7 Å². The van der Waals surface area contributed by atoms with Gasteiger partial charge in [0.2, 0.25) is 5.95 Å². The first-order valence-corrected chi connectivity index (χ1v) is 8.98. The standard InChI is InChI=1S/C18H21BrN4O/c1-12-6-9-23(10-7-12)17(24)16-5-8-20-18(22-16)21-14-4-3-13(2)15(19)11-14/h3-5,8,11-12H,6-7,9-10H2,1-2H3,(H,20,21,22). The zero-order valence-electron chi connectivity index (χ0n) is 13.9. The first-order chi connectivity index (χ1) is 11.5. The van der Waals surface area contributed by atoms with E-state index in [2.05, 4.69) is 38.1 Å².